The average molecular weight is 227 g/mol. The minimum Gasteiger partial charge on any atom is -1.00 e. The Bertz CT molecular complexity index is 104. The Morgan fingerprint density at radius 2 is 1.12 bits per heavy atom. The fraction of sp³-hybridized carbons (Fsp3) is 0. The maximum absolute atomic E-state index is 8.74. The van der Waals surface area contributed by atoms with Crippen LogP contribution in [-0.4, -0.2) is 17.5 Å². The Morgan fingerprint density at radius 1 is 1.12 bits per heavy atom. The van der Waals surface area contributed by atoms with Crippen molar-refractivity contribution in [3.63, 3.8) is 0 Å². The first-order valence-electron chi connectivity index (χ1n) is 0.698. The number of halogens is 1. The van der Waals surface area contributed by atoms with Crippen molar-refractivity contribution in [2.45, 2.75) is 0 Å². The molecular weight excluding hydrogens is 222 g/mol. The summed E-state index contributed by atoms with van der Waals surface area (Å²) in [5.74, 6) is 0. The van der Waals surface area contributed by atoms with Gasteiger partial charge in [0.05, 0.1) is 0 Å². The van der Waals surface area contributed by atoms with Gasteiger partial charge >= 0.3 is 69.5 Å². The summed E-state index contributed by atoms with van der Waals surface area (Å²) < 4.78 is 31.6. The number of hydrogen-bond acceptors (Lipinski definition) is 2. The summed E-state index contributed by atoms with van der Waals surface area (Å²) >= 11 is 0. The van der Waals surface area contributed by atoms with Gasteiger partial charge in [-0.15, -0.1) is 17.0 Å². The SMILES string of the molecule is Br.O=S(=O)(O)O.[H-].[H-].[Na+].[Na+]. The van der Waals surface area contributed by atoms with Gasteiger partial charge in [0.1, 0.15) is 0 Å². The van der Waals surface area contributed by atoms with E-state index in [1.165, 1.54) is 0 Å². The van der Waals surface area contributed by atoms with Crippen molar-refractivity contribution >= 4 is 27.4 Å². The Labute approximate surface area is 105 Å². The van der Waals surface area contributed by atoms with Gasteiger partial charge in [-0.1, -0.05) is 0 Å². The zero-order chi connectivity index (χ0) is 4.50. The van der Waals surface area contributed by atoms with Crippen LogP contribution in [0.15, 0.2) is 0 Å². The van der Waals surface area contributed by atoms with Crippen molar-refractivity contribution in [1.82, 2.24) is 0 Å². The Hall–Kier alpha value is 2.35. The standard InChI is InChI=1S/BrH.2Na.H2O4S.2H/c;;;1-5(2,3)4;;/h1H;;;(H2,1,2,3,4);;/q;2*+1;;2*-1. The second-order valence-electron chi connectivity index (χ2n) is 0.448. The molecule has 0 saturated heterocycles. The van der Waals surface area contributed by atoms with E-state index >= 15 is 0 Å². The van der Waals surface area contributed by atoms with E-state index in [2.05, 4.69) is 0 Å². The fourth-order valence-electron chi connectivity index (χ4n) is 0. The Balaban J connectivity index is -0.00000000800. The summed E-state index contributed by atoms with van der Waals surface area (Å²) in [4.78, 5) is 0. The summed E-state index contributed by atoms with van der Waals surface area (Å²) in [7, 11) is -4.67. The Kier molecular flexibility index (Phi) is 26.2. The van der Waals surface area contributed by atoms with Crippen molar-refractivity contribution < 1.29 is 79.5 Å². The first-order chi connectivity index (χ1) is 2.00. The maximum atomic E-state index is 8.74. The first-order valence-corrected chi connectivity index (χ1v) is 2.10. The third kappa shape index (κ3) is 81.7. The number of hydrogen-bond donors (Lipinski definition) is 2. The third-order valence-corrected chi connectivity index (χ3v) is 0. The van der Waals surface area contributed by atoms with E-state index in [9.17, 15) is 0 Å². The van der Waals surface area contributed by atoms with Crippen LogP contribution in [0, 0.1) is 0 Å². The zero-order valence-electron chi connectivity index (χ0n) is 6.53. The van der Waals surface area contributed by atoms with Gasteiger partial charge in [0, 0.05) is 0 Å². The van der Waals surface area contributed by atoms with E-state index in [1.54, 1.807) is 0 Å². The molecule has 0 rings (SSSR count). The average Bonchev–Trinajstić information content (AvgIpc) is 0.722. The van der Waals surface area contributed by atoms with Crippen molar-refractivity contribution in [2.75, 3.05) is 0 Å². The van der Waals surface area contributed by atoms with Crippen LogP contribution >= 0.6 is 17.0 Å². The van der Waals surface area contributed by atoms with E-state index in [1.807, 2.05) is 0 Å². The molecule has 0 aliphatic heterocycles. The summed E-state index contributed by atoms with van der Waals surface area (Å²) in [6.45, 7) is 0. The second-order valence-corrected chi connectivity index (χ2v) is 1.34. The fourth-order valence-corrected chi connectivity index (χ4v) is 0. The normalized spacial score (nSPS) is 7.25. The molecule has 0 unspecified atom stereocenters. The summed E-state index contributed by atoms with van der Waals surface area (Å²) in [6, 6.07) is 0. The minimum absolute atomic E-state index is 0. The topological polar surface area (TPSA) is 74.6 Å². The smallest absolute Gasteiger partial charge is 1.00 e. The van der Waals surface area contributed by atoms with Crippen LogP contribution in [0.1, 0.15) is 2.85 Å². The molecule has 0 aliphatic carbocycles. The van der Waals surface area contributed by atoms with Crippen molar-refractivity contribution in [3.8, 4) is 0 Å². The molecule has 0 amide bonds. The molecule has 0 aliphatic rings. The van der Waals surface area contributed by atoms with Crippen LogP contribution in [0.25, 0.3) is 0 Å². The molecule has 0 atom stereocenters. The van der Waals surface area contributed by atoms with Gasteiger partial charge in [-0.05, 0) is 0 Å². The third-order valence-electron chi connectivity index (χ3n) is 0. The Morgan fingerprint density at radius 3 is 1.12 bits per heavy atom. The first kappa shape index (κ1) is 22.4. The van der Waals surface area contributed by atoms with Gasteiger partial charge in [-0.25, -0.2) is 0 Å². The molecule has 0 saturated carbocycles. The summed E-state index contributed by atoms with van der Waals surface area (Å²) in [5.41, 5.74) is 0. The van der Waals surface area contributed by atoms with Crippen molar-refractivity contribution in [3.05, 3.63) is 0 Å². The van der Waals surface area contributed by atoms with Gasteiger partial charge in [0.15, 0.2) is 0 Å². The van der Waals surface area contributed by atoms with Gasteiger partial charge in [0.25, 0.3) is 0 Å². The predicted molar refractivity (Wildman–Crippen MR) is 26.7 cm³/mol. The molecule has 0 aromatic heterocycles. The van der Waals surface area contributed by atoms with Crippen LogP contribution in [-0.2, 0) is 10.4 Å². The molecular formula is H5BrNa2O4S. The van der Waals surface area contributed by atoms with Crippen molar-refractivity contribution in [1.29, 1.82) is 0 Å². The molecule has 0 aromatic carbocycles. The van der Waals surface area contributed by atoms with Crippen molar-refractivity contribution in [2.24, 2.45) is 0 Å². The zero-order valence-corrected chi connectivity index (χ0v) is 11.1. The van der Waals surface area contributed by atoms with Crippen LogP contribution in [0.3, 0.4) is 0 Å². The molecule has 8 heteroatoms. The largest absolute Gasteiger partial charge is 1.00 e. The molecule has 0 spiro atoms. The quantitative estimate of drug-likeness (QED) is 0.319. The van der Waals surface area contributed by atoms with E-state index in [4.69, 9.17) is 17.5 Å². The second kappa shape index (κ2) is 9.35. The van der Waals surface area contributed by atoms with Gasteiger partial charge in [-0.2, -0.15) is 8.42 Å². The van der Waals surface area contributed by atoms with E-state index in [-0.39, 0.29) is 78.9 Å². The molecule has 0 fully saturated rings. The van der Waals surface area contributed by atoms with E-state index in [0.29, 0.717) is 0 Å². The van der Waals surface area contributed by atoms with Crippen LogP contribution in [0.2, 0.25) is 0 Å². The van der Waals surface area contributed by atoms with Gasteiger partial charge in [0.2, 0.25) is 0 Å². The van der Waals surface area contributed by atoms with Crippen LogP contribution < -0.4 is 59.1 Å². The maximum Gasteiger partial charge on any atom is 1.00 e. The summed E-state index contributed by atoms with van der Waals surface area (Å²) in [6.07, 6.45) is 0. The van der Waals surface area contributed by atoms with Crippen LogP contribution in [0.4, 0.5) is 0 Å². The molecule has 4 nitrogen and oxygen atoms in total. The molecule has 44 valence electrons. The van der Waals surface area contributed by atoms with Gasteiger partial charge in [-0.3, -0.25) is 9.11 Å². The van der Waals surface area contributed by atoms with E-state index in [0.717, 1.165) is 0 Å². The minimum atomic E-state index is -4.67. The predicted octanol–water partition coefficient (Wildman–Crippen LogP) is -5.84. The molecule has 8 heavy (non-hydrogen) atoms. The molecule has 2 N–H and O–H groups in total. The molecule has 0 bridgehead atoms. The molecule has 0 radical (unpaired) electrons. The number of rotatable bonds is 0. The molecule has 0 heterocycles. The summed E-state index contributed by atoms with van der Waals surface area (Å²) in [5, 5.41) is 0. The monoisotopic (exact) mass is 226 g/mol. The van der Waals surface area contributed by atoms with E-state index < -0.39 is 10.4 Å². The van der Waals surface area contributed by atoms with Crippen LogP contribution in [0.5, 0.6) is 0 Å². The molecule has 0 aromatic rings. The van der Waals surface area contributed by atoms with Gasteiger partial charge < -0.3 is 2.85 Å².